The van der Waals surface area contributed by atoms with Crippen molar-refractivity contribution in [3.05, 3.63) is 76.6 Å². The van der Waals surface area contributed by atoms with Gasteiger partial charge in [0.1, 0.15) is 6.33 Å². The second-order valence-electron chi connectivity index (χ2n) is 7.88. The summed E-state index contributed by atoms with van der Waals surface area (Å²) in [6.07, 6.45) is 4.35. The van der Waals surface area contributed by atoms with Gasteiger partial charge >= 0.3 is 5.69 Å². The Labute approximate surface area is 189 Å². The zero-order valence-electron chi connectivity index (χ0n) is 17.3. The van der Waals surface area contributed by atoms with Gasteiger partial charge in [0.25, 0.3) is 0 Å². The largest absolute Gasteiger partial charge is 0.353 e. The van der Waals surface area contributed by atoms with Crippen molar-refractivity contribution in [1.82, 2.24) is 15.0 Å². The molecule has 3 heterocycles. The maximum Gasteiger partial charge on any atom is 0.353 e. The molecule has 2 aromatic carbocycles. The van der Waals surface area contributed by atoms with Crippen molar-refractivity contribution in [3.8, 4) is 0 Å². The highest BCUT2D eigenvalue weighted by Crippen LogP contribution is 2.37. The lowest BCUT2D eigenvalue weighted by Crippen LogP contribution is -2.35. The Morgan fingerprint density at radius 1 is 1.06 bits per heavy atom. The molecule has 1 N–H and O–H groups in total. The van der Waals surface area contributed by atoms with Crippen LogP contribution in [0, 0.1) is 16.0 Å². The molecule has 8 nitrogen and oxygen atoms in total. The first-order valence-electron chi connectivity index (χ1n) is 10.6. The highest BCUT2D eigenvalue weighted by molar-refractivity contribution is 7.22. The van der Waals surface area contributed by atoms with E-state index in [1.54, 1.807) is 0 Å². The number of anilines is 3. The normalized spacial score (nSPS) is 14.6. The molecule has 2 aromatic heterocycles. The molecule has 0 atom stereocenters. The SMILES string of the molecule is O=[N+]([O-])c1c(Nc2nc3ccccc3s2)ncnc1N1CCC(Cc2ccccc2)CC1. The molecule has 162 valence electrons. The van der Waals surface area contributed by atoms with E-state index in [9.17, 15) is 10.1 Å². The number of piperidine rings is 1. The minimum Gasteiger partial charge on any atom is -0.351 e. The van der Waals surface area contributed by atoms with Gasteiger partial charge in [-0.2, -0.15) is 0 Å². The number of rotatable bonds is 6. The summed E-state index contributed by atoms with van der Waals surface area (Å²) in [5.74, 6) is 1.10. The average molecular weight is 447 g/mol. The molecule has 4 aromatic rings. The maximum atomic E-state index is 12.0. The molecule has 1 saturated heterocycles. The number of nitro groups is 1. The van der Waals surface area contributed by atoms with E-state index < -0.39 is 4.92 Å². The lowest BCUT2D eigenvalue weighted by atomic mass is 9.90. The number of aromatic nitrogens is 3. The summed E-state index contributed by atoms with van der Waals surface area (Å²) < 4.78 is 1.01. The second kappa shape index (κ2) is 8.88. The third-order valence-electron chi connectivity index (χ3n) is 5.79. The predicted molar refractivity (Wildman–Crippen MR) is 127 cm³/mol. The minimum atomic E-state index is -0.402. The number of fused-ring (bicyclic) bond motifs is 1. The molecule has 9 heteroatoms. The molecular weight excluding hydrogens is 424 g/mol. The standard InChI is InChI=1S/C23H22N6O2S/c30-29(31)20-21(27-23-26-18-8-4-5-9-19(18)32-23)24-15-25-22(20)28-12-10-17(11-13-28)14-16-6-2-1-3-7-16/h1-9,15,17H,10-14H2,(H,24,25,26,27). The molecule has 0 unspecified atom stereocenters. The van der Waals surface area contributed by atoms with E-state index in [1.165, 1.54) is 23.2 Å². The topological polar surface area (TPSA) is 97.1 Å². The van der Waals surface area contributed by atoms with Crippen molar-refractivity contribution in [3.63, 3.8) is 0 Å². The number of para-hydroxylation sites is 1. The highest BCUT2D eigenvalue weighted by atomic mass is 32.1. The Bertz CT molecular complexity index is 1200. The molecule has 0 amide bonds. The number of hydrogen-bond acceptors (Lipinski definition) is 8. The molecule has 0 saturated carbocycles. The Balaban J connectivity index is 1.35. The molecule has 5 rings (SSSR count). The van der Waals surface area contributed by atoms with Crippen molar-refractivity contribution in [2.45, 2.75) is 19.3 Å². The van der Waals surface area contributed by atoms with Gasteiger partial charge in [0, 0.05) is 13.1 Å². The van der Waals surface area contributed by atoms with E-state index >= 15 is 0 Å². The van der Waals surface area contributed by atoms with Crippen molar-refractivity contribution in [2.75, 3.05) is 23.3 Å². The van der Waals surface area contributed by atoms with Crippen LogP contribution in [-0.4, -0.2) is 33.0 Å². The van der Waals surface area contributed by atoms with E-state index in [4.69, 9.17) is 0 Å². The molecule has 0 radical (unpaired) electrons. The van der Waals surface area contributed by atoms with Crippen LogP contribution in [0.15, 0.2) is 60.9 Å². The molecular formula is C23H22N6O2S. The smallest absolute Gasteiger partial charge is 0.351 e. The second-order valence-corrected chi connectivity index (χ2v) is 8.91. The Morgan fingerprint density at radius 2 is 1.81 bits per heavy atom. The number of thiazole rings is 1. The van der Waals surface area contributed by atoms with Crippen LogP contribution >= 0.6 is 11.3 Å². The summed E-state index contributed by atoms with van der Waals surface area (Å²) >= 11 is 1.44. The average Bonchev–Trinajstić information content (AvgIpc) is 3.22. The summed E-state index contributed by atoms with van der Waals surface area (Å²) in [5.41, 5.74) is 2.08. The number of nitrogens with zero attached hydrogens (tertiary/aromatic N) is 5. The zero-order chi connectivity index (χ0) is 21.9. The quantitative estimate of drug-likeness (QED) is 0.321. The van der Waals surface area contributed by atoms with Gasteiger partial charge in [-0.15, -0.1) is 0 Å². The van der Waals surface area contributed by atoms with Crippen LogP contribution in [0.2, 0.25) is 0 Å². The van der Waals surface area contributed by atoms with Crippen molar-refractivity contribution in [2.24, 2.45) is 5.92 Å². The Hall–Kier alpha value is -3.59. The van der Waals surface area contributed by atoms with Gasteiger partial charge in [0.05, 0.1) is 15.1 Å². The first kappa shape index (κ1) is 20.3. The van der Waals surface area contributed by atoms with Crippen LogP contribution in [0.5, 0.6) is 0 Å². The summed E-state index contributed by atoms with van der Waals surface area (Å²) in [7, 11) is 0. The van der Waals surface area contributed by atoms with Crippen LogP contribution in [-0.2, 0) is 6.42 Å². The first-order chi connectivity index (χ1) is 15.7. The fraction of sp³-hybridized carbons (Fsp3) is 0.261. The third-order valence-corrected chi connectivity index (χ3v) is 6.74. The van der Waals surface area contributed by atoms with E-state index in [1.807, 2.05) is 35.2 Å². The fourth-order valence-electron chi connectivity index (χ4n) is 4.18. The van der Waals surface area contributed by atoms with Crippen molar-refractivity contribution in [1.29, 1.82) is 0 Å². The Morgan fingerprint density at radius 3 is 2.56 bits per heavy atom. The van der Waals surface area contributed by atoms with Gasteiger partial charge < -0.3 is 10.2 Å². The molecule has 1 aliphatic rings. The number of nitrogens with one attached hydrogen (secondary N) is 1. The van der Waals surface area contributed by atoms with Crippen LogP contribution in [0.3, 0.4) is 0 Å². The third kappa shape index (κ3) is 4.24. The van der Waals surface area contributed by atoms with Gasteiger partial charge in [0.2, 0.25) is 11.6 Å². The summed E-state index contributed by atoms with van der Waals surface area (Å²) in [5, 5.41) is 15.6. The van der Waals surface area contributed by atoms with Crippen LogP contribution < -0.4 is 10.2 Å². The van der Waals surface area contributed by atoms with Crippen LogP contribution in [0.4, 0.5) is 22.5 Å². The van der Waals surface area contributed by atoms with Crippen LogP contribution in [0.25, 0.3) is 10.2 Å². The van der Waals surface area contributed by atoms with E-state index in [0.29, 0.717) is 16.9 Å². The van der Waals surface area contributed by atoms with E-state index in [2.05, 4.69) is 44.5 Å². The highest BCUT2D eigenvalue weighted by Gasteiger charge is 2.30. The molecule has 0 aliphatic carbocycles. The molecule has 32 heavy (non-hydrogen) atoms. The predicted octanol–water partition coefficient (Wildman–Crippen LogP) is 5.20. The lowest BCUT2D eigenvalue weighted by Gasteiger charge is -2.32. The van der Waals surface area contributed by atoms with Crippen LogP contribution in [0.1, 0.15) is 18.4 Å². The first-order valence-corrected chi connectivity index (χ1v) is 11.4. The molecule has 0 spiro atoms. The maximum absolute atomic E-state index is 12.0. The van der Waals surface area contributed by atoms with Crippen molar-refractivity contribution >= 4 is 44.0 Å². The molecule has 1 aliphatic heterocycles. The number of hydrogen-bond donors (Lipinski definition) is 1. The monoisotopic (exact) mass is 446 g/mol. The van der Waals surface area contributed by atoms with Gasteiger partial charge in [0.15, 0.2) is 5.13 Å². The minimum absolute atomic E-state index is 0.103. The zero-order valence-corrected chi connectivity index (χ0v) is 18.2. The van der Waals surface area contributed by atoms with Gasteiger partial charge in [-0.25, -0.2) is 15.0 Å². The van der Waals surface area contributed by atoms with Gasteiger partial charge in [-0.1, -0.05) is 53.8 Å². The number of benzene rings is 2. The van der Waals surface area contributed by atoms with Crippen molar-refractivity contribution < 1.29 is 4.92 Å². The fourth-order valence-corrected chi connectivity index (χ4v) is 5.05. The van der Waals surface area contributed by atoms with E-state index in [-0.39, 0.29) is 11.5 Å². The molecule has 0 bridgehead atoms. The summed E-state index contributed by atoms with van der Waals surface area (Å²) in [6, 6.07) is 18.2. The van der Waals surface area contributed by atoms with E-state index in [0.717, 1.165) is 42.6 Å². The lowest BCUT2D eigenvalue weighted by molar-refractivity contribution is -0.383. The van der Waals surface area contributed by atoms with Gasteiger partial charge in [-0.3, -0.25) is 10.1 Å². The van der Waals surface area contributed by atoms with Gasteiger partial charge in [-0.05, 0) is 42.9 Å². The molecule has 1 fully saturated rings. The summed E-state index contributed by atoms with van der Waals surface area (Å²) in [6.45, 7) is 1.46. The Kier molecular flexibility index (Phi) is 5.64. The summed E-state index contributed by atoms with van der Waals surface area (Å²) in [4.78, 5) is 26.6.